The van der Waals surface area contributed by atoms with Crippen LogP contribution in [-0.2, 0) is 9.59 Å². The minimum atomic E-state index is -0.505. The fourth-order valence-corrected chi connectivity index (χ4v) is 0.731. The van der Waals surface area contributed by atoms with E-state index in [1.165, 1.54) is 0 Å². The van der Waals surface area contributed by atoms with Crippen molar-refractivity contribution < 1.29 is 14.8 Å². The van der Waals surface area contributed by atoms with Crippen LogP contribution in [0, 0.1) is 0 Å². The molecule has 7 nitrogen and oxygen atoms in total. The van der Waals surface area contributed by atoms with Crippen molar-refractivity contribution in [1.82, 2.24) is 20.5 Å². The van der Waals surface area contributed by atoms with E-state index in [9.17, 15) is 9.59 Å². The Hall–Kier alpha value is -1.76. The van der Waals surface area contributed by atoms with Crippen molar-refractivity contribution in [3.63, 3.8) is 0 Å². The first-order valence-electron chi connectivity index (χ1n) is 3.57. The van der Waals surface area contributed by atoms with Gasteiger partial charge in [0.25, 0.3) is 11.8 Å². The quantitative estimate of drug-likeness (QED) is 0.411. The van der Waals surface area contributed by atoms with E-state index < -0.39 is 11.8 Å². The van der Waals surface area contributed by atoms with Gasteiger partial charge in [0.05, 0.1) is 6.20 Å². The highest BCUT2D eigenvalue weighted by Crippen LogP contribution is 2.06. The van der Waals surface area contributed by atoms with Gasteiger partial charge in [-0.3, -0.25) is 19.9 Å². The molecule has 0 aliphatic carbocycles. The number of aromatic nitrogens is 3. The van der Waals surface area contributed by atoms with Crippen LogP contribution in [-0.4, -0.2) is 37.5 Å². The van der Waals surface area contributed by atoms with Crippen LogP contribution in [0.5, 0.6) is 0 Å². The van der Waals surface area contributed by atoms with Gasteiger partial charge in [0.1, 0.15) is 0 Å². The molecule has 1 saturated heterocycles. The van der Waals surface area contributed by atoms with Gasteiger partial charge >= 0.3 is 0 Å². The minimum absolute atomic E-state index is 0.148. The van der Waals surface area contributed by atoms with Crippen LogP contribution in [0.15, 0.2) is 12.4 Å². The molecule has 2 N–H and O–H groups in total. The molecule has 13 heavy (non-hydrogen) atoms. The summed E-state index contributed by atoms with van der Waals surface area (Å²) in [7, 11) is 0. The standard InChI is InChI=1S/C4H5NO3.C2H3N3/c6-3-1-2-4(7)5(3)8;1-2-4-5-3-1/h8H,1-2H2;1-2H,(H,3,4,5). The van der Waals surface area contributed by atoms with Gasteiger partial charge < -0.3 is 0 Å². The summed E-state index contributed by atoms with van der Waals surface area (Å²) in [5.41, 5.74) is 0. The highest BCUT2D eigenvalue weighted by Gasteiger charge is 2.26. The fourth-order valence-electron chi connectivity index (χ4n) is 0.731. The molecule has 2 heterocycles. The molecule has 0 aromatic carbocycles. The Bertz CT molecular complexity index is 251. The lowest BCUT2D eigenvalue weighted by molar-refractivity contribution is -0.171. The number of rotatable bonds is 0. The zero-order valence-electron chi connectivity index (χ0n) is 6.67. The number of hydroxylamine groups is 2. The Morgan fingerprint density at radius 2 is 2.00 bits per heavy atom. The van der Waals surface area contributed by atoms with Crippen molar-refractivity contribution in [3.05, 3.63) is 12.4 Å². The van der Waals surface area contributed by atoms with E-state index in [0.717, 1.165) is 0 Å². The monoisotopic (exact) mass is 184 g/mol. The third-order valence-corrected chi connectivity index (χ3v) is 1.36. The van der Waals surface area contributed by atoms with Crippen molar-refractivity contribution >= 4 is 11.8 Å². The summed E-state index contributed by atoms with van der Waals surface area (Å²) in [4.78, 5) is 20.5. The Labute approximate surface area is 73.3 Å². The molecule has 0 unspecified atom stereocenters. The van der Waals surface area contributed by atoms with Crippen molar-refractivity contribution in [2.45, 2.75) is 12.8 Å². The van der Waals surface area contributed by atoms with E-state index in [1.807, 2.05) is 0 Å². The van der Waals surface area contributed by atoms with Gasteiger partial charge in [-0.1, -0.05) is 5.21 Å². The number of hydrogen-bond donors (Lipinski definition) is 2. The molecule has 1 fully saturated rings. The molecule has 1 aliphatic heterocycles. The summed E-state index contributed by atoms with van der Waals surface area (Å²) in [6.07, 6.45) is 3.53. The van der Waals surface area contributed by atoms with E-state index in [1.54, 1.807) is 12.4 Å². The lowest BCUT2D eigenvalue weighted by Gasteiger charge is -1.98. The molecule has 1 aliphatic rings. The van der Waals surface area contributed by atoms with Crippen molar-refractivity contribution in [3.8, 4) is 0 Å². The van der Waals surface area contributed by atoms with Gasteiger partial charge in [-0.2, -0.15) is 5.06 Å². The topological polar surface area (TPSA) is 99.2 Å². The molecular weight excluding hydrogens is 176 g/mol. The van der Waals surface area contributed by atoms with Crippen molar-refractivity contribution in [2.75, 3.05) is 0 Å². The third-order valence-electron chi connectivity index (χ3n) is 1.36. The summed E-state index contributed by atoms with van der Waals surface area (Å²) in [6.45, 7) is 0. The number of nitrogens with zero attached hydrogens (tertiary/aromatic N) is 3. The van der Waals surface area contributed by atoms with Gasteiger partial charge in [-0.15, -0.1) is 5.10 Å². The molecule has 2 rings (SSSR count). The number of hydrogen-bond acceptors (Lipinski definition) is 5. The van der Waals surface area contributed by atoms with Crippen LogP contribution < -0.4 is 0 Å². The second kappa shape index (κ2) is 4.31. The zero-order chi connectivity index (χ0) is 9.68. The minimum Gasteiger partial charge on any atom is -0.279 e. The molecule has 7 heteroatoms. The summed E-state index contributed by atoms with van der Waals surface area (Å²) in [5, 5.41) is 17.8. The van der Waals surface area contributed by atoms with Crippen LogP contribution in [0.3, 0.4) is 0 Å². The molecule has 70 valence electrons. The summed E-state index contributed by atoms with van der Waals surface area (Å²) < 4.78 is 0. The predicted octanol–water partition coefficient (Wildman–Crippen LogP) is -0.671. The first-order valence-corrected chi connectivity index (χ1v) is 3.57. The van der Waals surface area contributed by atoms with Crippen LogP contribution in [0.25, 0.3) is 0 Å². The Balaban J connectivity index is 0.000000145. The number of aromatic amines is 1. The van der Waals surface area contributed by atoms with Gasteiger partial charge in [0.15, 0.2) is 0 Å². The van der Waals surface area contributed by atoms with Gasteiger partial charge in [-0.25, -0.2) is 0 Å². The molecular formula is C6H8N4O3. The fraction of sp³-hybridized carbons (Fsp3) is 0.333. The van der Waals surface area contributed by atoms with Crippen molar-refractivity contribution in [2.24, 2.45) is 0 Å². The molecule has 0 saturated carbocycles. The van der Waals surface area contributed by atoms with E-state index in [4.69, 9.17) is 5.21 Å². The molecule has 1 aromatic heterocycles. The summed E-state index contributed by atoms with van der Waals surface area (Å²) in [5.74, 6) is -1.01. The summed E-state index contributed by atoms with van der Waals surface area (Å²) >= 11 is 0. The smallest absolute Gasteiger partial charge is 0.253 e. The van der Waals surface area contributed by atoms with E-state index in [2.05, 4.69) is 15.4 Å². The zero-order valence-corrected chi connectivity index (χ0v) is 6.67. The number of carbonyl (C=O) groups excluding carboxylic acids is 2. The predicted molar refractivity (Wildman–Crippen MR) is 39.3 cm³/mol. The Kier molecular flexibility index (Phi) is 3.09. The van der Waals surface area contributed by atoms with E-state index in [-0.39, 0.29) is 17.9 Å². The first-order chi connectivity index (χ1) is 6.22. The van der Waals surface area contributed by atoms with Crippen LogP contribution in [0.2, 0.25) is 0 Å². The van der Waals surface area contributed by atoms with Gasteiger partial charge in [0, 0.05) is 19.0 Å². The normalized spacial score (nSPS) is 15.6. The lowest BCUT2D eigenvalue weighted by atomic mass is 10.4. The second-order valence-corrected chi connectivity index (χ2v) is 2.26. The maximum Gasteiger partial charge on any atom is 0.253 e. The molecule has 1 aromatic rings. The average Bonchev–Trinajstić information content (AvgIpc) is 2.75. The maximum atomic E-state index is 10.2. The Morgan fingerprint density at radius 1 is 1.38 bits per heavy atom. The second-order valence-electron chi connectivity index (χ2n) is 2.26. The van der Waals surface area contributed by atoms with Gasteiger partial charge in [0.2, 0.25) is 0 Å². The van der Waals surface area contributed by atoms with Crippen molar-refractivity contribution in [1.29, 1.82) is 0 Å². The number of imide groups is 1. The number of nitrogens with one attached hydrogen (secondary N) is 1. The highest BCUT2D eigenvalue weighted by atomic mass is 16.5. The largest absolute Gasteiger partial charge is 0.279 e. The summed E-state index contributed by atoms with van der Waals surface area (Å²) in [6, 6.07) is 0. The van der Waals surface area contributed by atoms with E-state index in [0.29, 0.717) is 0 Å². The number of H-pyrrole nitrogens is 1. The molecule has 0 bridgehead atoms. The van der Waals surface area contributed by atoms with Gasteiger partial charge in [-0.05, 0) is 0 Å². The van der Waals surface area contributed by atoms with Crippen LogP contribution in [0.4, 0.5) is 0 Å². The highest BCUT2D eigenvalue weighted by molar-refractivity contribution is 6.00. The molecule has 0 atom stereocenters. The average molecular weight is 184 g/mol. The van der Waals surface area contributed by atoms with E-state index >= 15 is 0 Å². The number of amides is 2. The Morgan fingerprint density at radius 3 is 2.15 bits per heavy atom. The maximum absolute atomic E-state index is 10.2. The SMILES string of the molecule is O=C1CCC(=O)N1O.c1c[nH]nn1. The molecule has 2 amide bonds. The first kappa shape index (κ1) is 9.33. The van der Waals surface area contributed by atoms with Crippen LogP contribution in [0.1, 0.15) is 12.8 Å². The molecule has 0 radical (unpaired) electrons. The molecule has 0 spiro atoms. The lowest BCUT2D eigenvalue weighted by Crippen LogP contribution is -2.24. The van der Waals surface area contributed by atoms with Crippen LogP contribution >= 0.6 is 0 Å². The third kappa shape index (κ3) is 2.64. The number of carbonyl (C=O) groups is 2.